The molecule has 7 heteroatoms. The van der Waals surface area contributed by atoms with E-state index in [1.165, 1.54) is 12.4 Å². The second-order valence-corrected chi connectivity index (χ2v) is 6.96. The van der Waals surface area contributed by atoms with Crippen LogP contribution in [0, 0.1) is 10.1 Å². The van der Waals surface area contributed by atoms with Crippen LogP contribution in [0.5, 0.6) is 0 Å². The van der Waals surface area contributed by atoms with Gasteiger partial charge in [-0.05, 0) is 31.4 Å². The van der Waals surface area contributed by atoms with Gasteiger partial charge in [-0.1, -0.05) is 37.3 Å². The summed E-state index contributed by atoms with van der Waals surface area (Å²) in [5.74, 6) is 0. The van der Waals surface area contributed by atoms with E-state index in [2.05, 4.69) is 10.3 Å². The molecule has 0 saturated carbocycles. The van der Waals surface area contributed by atoms with Crippen LogP contribution in [-0.2, 0) is 11.3 Å². The van der Waals surface area contributed by atoms with E-state index < -0.39 is 22.7 Å². The van der Waals surface area contributed by atoms with Crippen LogP contribution in [0.1, 0.15) is 43.9 Å². The van der Waals surface area contributed by atoms with Crippen LogP contribution in [0.3, 0.4) is 0 Å². The zero-order valence-electron chi connectivity index (χ0n) is 15.5. The fourth-order valence-corrected chi connectivity index (χ4v) is 3.77. The molecule has 0 unspecified atom stereocenters. The molecular formula is C20H25N3O4. The van der Waals surface area contributed by atoms with E-state index in [1.807, 2.05) is 44.2 Å². The molecule has 4 atom stereocenters. The van der Waals surface area contributed by atoms with Crippen LogP contribution < -0.4 is 5.32 Å². The fourth-order valence-electron chi connectivity index (χ4n) is 3.77. The van der Waals surface area contributed by atoms with Gasteiger partial charge in [-0.25, -0.2) is 0 Å². The minimum absolute atomic E-state index is 0.0570. The van der Waals surface area contributed by atoms with E-state index in [9.17, 15) is 15.2 Å². The molecular weight excluding hydrogens is 346 g/mol. The predicted octanol–water partition coefficient (Wildman–Crippen LogP) is 3.14. The number of nitro groups is 1. The summed E-state index contributed by atoms with van der Waals surface area (Å²) in [6.07, 6.45) is 2.78. The van der Waals surface area contributed by atoms with Crippen LogP contribution in [0.15, 0.2) is 48.8 Å². The summed E-state index contributed by atoms with van der Waals surface area (Å²) in [5, 5.41) is 26.0. The van der Waals surface area contributed by atoms with Crippen molar-refractivity contribution in [1.29, 1.82) is 0 Å². The number of rotatable bonds is 6. The smallest absolute Gasteiger partial charge is 0.293 e. The van der Waals surface area contributed by atoms with Gasteiger partial charge in [-0.2, -0.15) is 0 Å². The quantitative estimate of drug-likeness (QED) is 0.598. The van der Waals surface area contributed by atoms with E-state index in [4.69, 9.17) is 4.74 Å². The molecule has 2 N–H and O–H groups in total. The van der Waals surface area contributed by atoms with Gasteiger partial charge in [0.15, 0.2) is 0 Å². The van der Waals surface area contributed by atoms with Crippen molar-refractivity contribution in [2.75, 3.05) is 0 Å². The molecule has 144 valence electrons. The van der Waals surface area contributed by atoms with E-state index >= 15 is 0 Å². The number of pyridine rings is 1. The van der Waals surface area contributed by atoms with Crippen LogP contribution in [0.2, 0.25) is 0 Å². The standard InChI is InChI=1S/C20H25N3O4/c1-3-20(24)14(2)27-18(16-9-10-21-13-17(16)23(25)26)11-19(20)22-12-15-7-5-4-6-8-15/h4-10,13-14,18-19,22,24H,3,11-12H2,1-2H3/t14-,18-,19+,20-/m1/s1. The van der Waals surface area contributed by atoms with Crippen molar-refractivity contribution in [2.45, 2.75) is 57.1 Å². The summed E-state index contributed by atoms with van der Waals surface area (Å²) in [7, 11) is 0. The van der Waals surface area contributed by atoms with Gasteiger partial charge in [0.2, 0.25) is 0 Å². The monoisotopic (exact) mass is 371 g/mol. The van der Waals surface area contributed by atoms with Crippen molar-refractivity contribution in [2.24, 2.45) is 0 Å². The number of aliphatic hydroxyl groups is 1. The Morgan fingerprint density at radius 2 is 2.11 bits per heavy atom. The number of hydrogen-bond donors (Lipinski definition) is 2. The van der Waals surface area contributed by atoms with Crippen molar-refractivity contribution in [3.8, 4) is 0 Å². The molecule has 1 saturated heterocycles. The SMILES string of the molecule is CC[C@]1(O)[C@@H](NCc2ccccc2)C[C@H](c2ccncc2[N+](=O)[O-])O[C@@H]1C. The topological polar surface area (TPSA) is 97.5 Å². The Hall–Kier alpha value is -2.35. The van der Waals surface area contributed by atoms with Crippen LogP contribution in [-0.4, -0.2) is 32.8 Å². The Labute approximate surface area is 158 Å². The highest BCUT2D eigenvalue weighted by Crippen LogP contribution is 2.41. The van der Waals surface area contributed by atoms with Gasteiger partial charge in [0.05, 0.1) is 22.7 Å². The maximum Gasteiger partial charge on any atom is 0.293 e. The first-order valence-corrected chi connectivity index (χ1v) is 9.19. The zero-order chi connectivity index (χ0) is 19.4. The predicted molar refractivity (Wildman–Crippen MR) is 101 cm³/mol. The third-order valence-electron chi connectivity index (χ3n) is 5.46. The van der Waals surface area contributed by atoms with Gasteiger partial charge >= 0.3 is 0 Å². The third kappa shape index (κ3) is 4.00. The number of nitrogens with zero attached hydrogens (tertiary/aromatic N) is 2. The summed E-state index contributed by atoms with van der Waals surface area (Å²) in [4.78, 5) is 14.8. The minimum atomic E-state index is -1.05. The maximum atomic E-state index is 11.4. The number of nitrogens with one attached hydrogen (secondary N) is 1. The lowest BCUT2D eigenvalue weighted by molar-refractivity contribution is -0.386. The first-order valence-electron chi connectivity index (χ1n) is 9.19. The van der Waals surface area contributed by atoms with E-state index in [0.29, 0.717) is 24.9 Å². The lowest BCUT2D eigenvalue weighted by atomic mass is 9.79. The Balaban J connectivity index is 1.85. The van der Waals surface area contributed by atoms with Crippen molar-refractivity contribution in [3.05, 3.63) is 70.0 Å². The molecule has 0 spiro atoms. The van der Waals surface area contributed by atoms with Gasteiger partial charge in [-0.15, -0.1) is 0 Å². The van der Waals surface area contributed by atoms with Crippen molar-refractivity contribution in [3.63, 3.8) is 0 Å². The summed E-state index contributed by atoms with van der Waals surface area (Å²) in [6, 6.07) is 11.3. The molecule has 2 aromatic rings. The minimum Gasteiger partial charge on any atom is -0.386 e. The normalized spacial score (nSPS) is 28.0. The van der Waals surface area contributed by atoms with Gasteiger partial charge in [0.25, 0.3) is 5.69 Å². The molecule has 1 aromatic carbocycles. The molecule has 3 rings (SSSR count). The van der Waals surface area contributed by atoms with Gasteiger partial charge < -0.3 is 15.2 Å². The van der Waals surface area contributed by atoms with E-state index in [0.717, 1.165) is 5.56 Å². The third-order valence-corrected chi connectivity index (χ3v) is 5.46. The Morgan fingerprint density at radius 3 is 2.78 bits per heavy atom. The Bertz CT molecular complexity index is 786. The van der Waals surface area contributed by atoms with Crippen molar-refractivity contribution in [1.82, 2.24) is 10.3 Å². The Kier molecular flexibility index (Phi) is 5.84. The summed E-state index contributed by atoms with van der Waals surface area (Å²) in [6.45, 7) is 4.35. The lowest BCUT2D eigenvalue weighted by Gasteiger charge is -2.47. The van der Waals surface area contributed by atoms with Crippen molar-refractivity contribution < 1.29 is 14.8 Å². The summed E-state index contributed by atoms with van der Waals surface area (Å²) < 4.78 is 6.03. The molecule has 1 aliphatic heterocycles. The molecule has 7 nitrogen and oxygen atoms in total. The molecule has 27 heavy (non-hydrogen) atoms. The van der Waals surface area contributed by atoms with Gasteiger partial charge in [0, 0.05) is 18.8 Å². The first-order chi connectivity index (χ1) is 13.0. The second kappa shape index (κ2) is 8.12. The average molecular weight is 371 g/mol. The number of hydrogen-bond acceptors (Lipinski definition) is 6. The highest BCUT2D eigenvalue weighted by molar-refractivity contribution is 5.39. The molecule has 0 amide bonds. The highest BCUT2D eigenvalue weighted by atomic mass is 16.6. The molecule has 0 radical (unpaired) electrons. The second-order valence-electron chi connectivity index (χ2n) is 6.96. The fraction of sp³-hybridized carbons (Fsp3) is 0.450. The number of aromatic nitrogens is 1. The van der Waals surface area contributed by atoms with Crippen LogP contribution >= 0.6 is 0 Å². The van der Waals surface area contributed by atoms with E-state index in [1.54, 1.807) is 6.07 Å². The van der Waals surface area contributed by atoms with Crippen LogP contribution in [0.25, 0.3) is 0 Å². The molecule has 1 aliphatic rings. The highest BCUT2D eigenvalue weighted by Gasteiger charge is 2.48. The maximum absolute atomic E-state index is 11.4. The summed E-state index contributed by atoms with van der Waals surface area (Å²) >= 11 is 0. The number of ether oxygens (including phenoxy) is 1. The molecule has 1 fully saturated rings. The van der Waals surface area contributed by atoms with Crippen molar-refractivity contribution >= 4 is 5.69 Å². The number of benzene rings is 1. The summed E-state index contributed by atoms with van der Waals surface area (Å²) in [5.41, 5.74) is 0.499. The molecule has 1 aromatic heterocycles. The lowest BCUT2D eigenvalue weighted by Crippen LogP contribution is -2.61. The average Bonchev–Trinajstić information content (AvgIpc) is 2.69. The molecule has 2 heterocycles. The Morgan fingerprint density at radius 1 is 1.37 bits per heavy atom. The molecule has 0 aliphatic carbocycles. The van der Waals surface area contributed by atoms with Gasteiger partial charge in [-0.3, -0.25) is 15.1 Å². The molecule has 0 bridgehead atoms. The first kappa shape index (κ1) is 19.4. The van der Waals surface area contributed by atoms with Crippen LogP contribution in [0.4, 0.5) is 5.69 Å². The van der Waals surface area contributed by atoms with E-state index in [-0.39, 0.29) is 11.7 Å². The van der Waals surface area contributed by atoms with Gasteiger partial charge in [0.1, 0.15) is 11.8 Å². The zero-order valence-corrected chi connectivity index (χ0v) is 15.5. The largest absolute Gasteiger partial charge is 0.386 e.